The Balaban J connectivity index is 2.87. The van der Waals surface area contributed by atoms with Crippen molar-refractivity contribution in [3.05, 3.63) is 0 Å². The minimum atomic E-state index is 0.430. The second-order valence-corrected chi connectivity index (χ2v) is 9.18. The van der Waals surface area contributed by atoms with Crippen LogP contribution >= 0.6 is 0 Å². The molecule has 1 aliphatic carbocycles. The van der Waals surface area contributed by atoms with E-state index < -0.39 is 0 Å². The second-order valence-electron chi connectivity index (χ2n) is 9.18. The highest BCUT2D eigenvalue weighted by Crippen LogP contribution is 2.41. The molecule has 2 nitrogen and oxygen atoms in total. The molecule has 3 unspecified atom stereocenters. The van der Waals surface area contributed by atoms with Crippen LogP contribution in [0, 0.1) is 29.1 Å². The van der Waals surface area contributed by atoms with Crippen LogP contribution in [0.1, 0.15) is 67.7 Å². The van der Waals surface area contributed by atoms with Gasteiger partial charge in [-0.2, -0.15) is 0 Å². The average Bonchev–Trinajstić information content (AvgIpc) is 2.35. The number of rotatable bonds is 6. The summed E-state index contributed by atoms with van der Waals surface area (Å²) in [5.41, 5.74) is 6.55. The van der Waals surface area contributed by atoms with Gasteiger partial charge in [0.15, 0.2) is 0 Å². The Hall–Kier alpha value is -0.0800. The van der Waals surface area contributed by atoms with Gasteiger partial charge in [0.1, 0.15) is 0 Å². The summed E-state index contributed by atoms with van der Waals surface area (Å²) in [5.74, 6) is 3.00. The van der Waals surface area contributed by atoms with Gasteiger partial charge in [-0.15, -0.1) is 0 Å². The van der Waals surface area contributed by atoms with Gasteiger partial charge in [0.2, 0.25) is 0 Å². The first-order valence-electron chi connectivity index (χ1n) is 9.09. The molecule has 126 valence electrons. The van der Waals surface area contributed by atoms with Crippen LogP contribution in [0.5, 0.6) is 0 Å². The first-order valence-corrected chi connectivity index (χ1v) is 9.09. The molecule has 0 aromatic heterocycles. The van der Waals surface area contributed by atoms with Crippen molar-refractivity contribution in [3.63, 3.8) is 0 Å². The quantitative estimate of drug-likeness (QED) is 0.787. The van der Waals surface area contributed by atoms with E-state index in [-0.39, 0.29) is 0 Å². The second kappa shape index (κ2) is 7.97. The minimum absolute atomic E-state index is 0.430. The summed E-state index contributed by atoms with van der Waals surface area (Å²) in [4.78, 5) is 2.77. The highest BCUT2D eigenvalue weighted by atomic mass is 15.2. The zero-order chi connectivity index (χ0) is 16.2. The van der Waals surface area contributed by atoms with E-state index in [1.807, 2.05) is 0 Å². The summed E-state index contributed by atoms with van der Waals surface area (Å²) in [7, 11) is 0. The van der Waals surface area contributed by atoms with Crippen molar-refractivity contribution >= 4 is 0 Å². The third kappa shape index (κ3) is 5.90. The Morgan fingerprint density at radius 2 is 1.52 bits per heavy atom. The van der Waals surface area contributed by atoms with Gasteiger partial charge in [0.05, 0.1) is 0 Å². The maximum Gasteiger partial charge on any atom is 0.0139 e. The lowest BCUT2D eigenvalue weighted by molar-refractivity contribution is 0.0325. The SMILES string of the molecule is CC(C)CN(CC(C)C)C1CC(C(C)(C)C)CCC1CN. The van der Waals surface area contributed by atoms with E-state index in [0.29, 0.717) is 17.4 Å². The highest BCUT2D eigenvalue weighted by molar-refractivity contribution is 4.91. The molecule has 21 heavy (non-hydrogen) atoms. The van der Waals surface area contributed by atoms with E-state index in [9.17, 15) is 0 Å². The molecule has 3 atom stereocenters. The molecule has 0 aromatic rings. The van der Waals surface area contributed by atoms with Crippen LogP contribution in [0.3, 0.4) is 0 Å². The van der Waals surface area contributed by atoms with Crippen molar-refractivity contribution in [3.8, 4) is 0 Å². The third-order valence-electron chi connectivity index (χ3n) is 5.15. The average molecular weight is 297 g/mol. The Morgan fingerprint density at radius 3 is 1.90 bits per heavy atom. The lowest BCUT2D eigenvalue weighted by Gasteiger charge is -2.47. The lowest BCUT2D eigenvalue weighted by Crippen LogP contribution is -2.50. The number of hydrogen-bond donors (Lipinski definition) is 1. The van der Waals surface area contributed by atoms with Crippen molar-refractivity contribution in [1.82, 2.24) is 4.90 Å². The topological polar surface area (TPSA) is 29.3 Å². The van der Waals surface area contributed by atoms with Gasteiger partial charge in [-0.1, -0.05) is 48.5 Å². The Labute approximate surface area is 133 Å². The molecular formula is C19H40N2. The van der Waals surface area contributed by atoms with Crippen molar-refractivity contribution < 1.29 is 0 Å². The minimum Gasteiger partial charge on any atom is -0.330 e. The van der Waals surface area contributed by atoms with E-state index >= 15 is 0 Å². The van der Waals surface area contributed by atoms with Gasteiger partial charge < -0.3 is 5.73 Å². The summed E-state index contributed by atoms with van der Waals surface area (Å²) < 4.78 is 0. The monoisotopic (exact) mass is 296 g/mol. The number of hydrogen-bond acceptors (Lipinski definition) is 2. The fourth-order valence-electron chi connectivity index (χ4n) is 4.00. The van der Waals surface area contributed by atoms with Gasteiger partial charge >= 0.3 is 0 Å². The molecule has 0 spiro atoms. The number of nitrogens with zero attached hydrogens (tertiary/aromatic N) is 1. The largest absolute Gasteiger partial charge is 0.330 e. The normalized spacial score (nSPS) is 27.9. The van der Waals surface area contributed by atoms with Crippen molar-refractivity contribution in [2.24, 2.45) is 34.8 Å². The Morgan fingerprint density at radius 1 is 1.00 bits per heavy atom. The van der Waals surface area contributed by atoms with Crippen LogP contribution < -0.4 is 5.73 Å². The summed E-state index contributed by atoms with van der Waals surface area (Å²) in [6, 6.07) is 0.692. The first-order chi connectivity index (χ1) is 9.65. The van der Waals surface area contributed by atoms with Crippen LogP contribution in [0.4, 0.5) is 0 Å². The Bertz CT molecular complexity index is 280. The van der Waals surface area contributed by atoms with Gasteiger partial charge in [0.25, 0.3) is 0 Å². The van der Waals surface area contributed by atoms with E-state index in [1.165, 1.54) is 32.4 Å². The van der Waals surface area contributed by atoms with Crippen LogP contribution in [0.25, 0.3) is 0 Å². The molecule has 0 amide bonds. The van der Waals surface area contributed by atoms with Crippen molar-refractivity contribution in [2.75, 3.05) is 19.6 Å². The third-order valence-corrected chi connectivity index (χ3v) is 5.15. The Kier molecular flexibility index (Phi) is 7.19. The van der Waals surface area contributed by atoms with Gasteiger partial charge in [-0.25, -0.2) is 0 Å². The van der Waals surface area contributed by atoms with E-state index in [2.05, 4.69) is 53.4 Å². The van der Waals surface area contributed by atoms with Crippen LogP contribution in [0.15, 0.2) is 0 Å². The summed E-state index contributed by atoms with van der Waals surface area (Å²) in [5, 5.41) is 0. The van der Waals surface area contributed by atoms with Crippen LogP contribution in [0.2, 0.25) is 0 Å². The predicted molar refractivity (Wildman–Crippen MR) is 94.4 cm³/mol. The molecule has 1 aliphatic rings. The fraction of sp³-hybridized carbons (Fsp3) is 1.00. The van der Waals surface area contributed by atoms with Gasteiger partial charge in [-0.3, -0.25) is 4.90 Å². The van der Waals surface area contributed by atoms with Crippen LogP contribution in [-0.2, 0) is 0 Å². The van der Waals surface area contributed by atoms with Gasteiger partial charge in [-0.05, 0) is 54.9 Å². The smallest absolute Gasteiger partial charge is 0.0139 e. The molecule has 0 heterocycles. The summed E-state index contributed by atoms with van der Waals surface area (Å²) >= 11 is 0. The lowest BCUT2D eigenvalue weighted by atomic mass is 9.67. The predicted octanol–water partition coefficient (Wildman–Crippen LogP) is 4.39. The molecule has 2 heteroatoms. The molecule has 0 bridgehead atoms. The molecule has 0 aromatic carbocycles. The zero-order valence-electron chi connectivity index (χ0n) is 15.7. The molecule has 0 aliphatic heterocycles. The number of nitrogens with two attached hydrogens (primary N) is 1. The molecule has 1 fully saturated rings. The maximum absolute atomic E-state index is 6.12. The molecule has 1 saturated carbocycles. The van der Waals surface area contributed by atoms with Crippen LogP contribution in [-0.4, -0.2) is 30.6 Å². The van der Waals surface area contributed by atoms with Crippen molar-refractivity contribution in [2.45, 2.75) is 73.8 Å². The van der Waals surface area contributed by atoms with Crippen molar-refractivity contribution in [1.29, 1.82) is 0 Å². The fourth-order valence-corrected chi connectivity index (χ4v) is 4.00. The molecule has 0 radical (unpaired) electrons. The standard InChI is InChI=1S/C19H40N2/c1-14(2)12-21(13-15(3)4)18-10-17(19(5,6)7)9-8-16(18)11-20/h14-18H,8-13,20H2,1-7H3. The summed E-state index contributed by atoms with van der Waals surface area (Å²) in [6.45, 7) is 19.9. The van der Waals surface area contributed by atoms with E-state index in [4.69, 9.17) is 5.73 Å². The maximum atomic E-state index is 6.12. The van der Waals surface area contributed by atoms with E-state index in [1.54, 1.807) is 0 Å². The highest BCUT2D eigenvalue weighted by Gasteiger charge is 2.38. The van der Waals surface area contributed by atoms with Gasteiger partial charge in [0, 0.05) is 19.1 Å². The molecule has 2 N–H and O–H groups in total. The molecular weight excluding hydrogens is 256 g/mol. The zero-order valence-corrected chi connectivity index (χ0v) is 15.7. The van der Waals surface area contributed by atoms with E-state index in [0.717, 1.165) is 24.3 Å². The molecule has 0 saturated heterocycles. The molecule has 1 rings (SSSR count). The first kappa shape index (κ1) is 19.0. The summed E-state index contributed by atoms with van der Waals surface area (Å²) in [6.07, 6.45) is 4.01.